The molecule has 174 valence electrons. The predicted octanol–water partition coefficient (Wildman–Crippen LogP) is 2.20. The number of hydrogen-bond acceptors (Lipinski definition) is 7. The molecule has 1 aromatic carbocycles. The number of esters is 1. The van der Waals surface area contributed by atoms with Crippen LogP contribution in [0.4, 0.5) is 29.3 Å². The first-order valence-corrected chi connectivity index (χ1v) is 9.19. The second-order valence-electron chi connectivity index (χ2n) is 7.11. The highest BCUT2D eigenvalue weighted by molar-refractivity contribution is 6.08. The average molecular weight is 460 g/mol. The molecule has 0 aliphatic carbocycles. The quantitative estimate of drug-likeness (QED) is 0.274. The molecular weight excluding hydrogens is 441 g/mol. The lowest BCUT2D eigenvalue weighted by atomic mass is 9.99. The van der Waals surface area contributed by atoms with Crippen molar-refractivity contribution in [3.8, 4) is 0 Å². The van der Waals surface area contributed by atoms with Crippen LogP contribution in [0.5, 0.6) is 0 Å². The van der Waals surface area contributed by atoms with E-state index >= 15 is 0 Å². The second-order valence-corrected chi connectivity index (χ2v) is 7.11. The van der Waals surface area contributed by atoms with Gasteiger partial charge in [0.05, 0.1) is 16.2 Å². The van der Waals surface area contributed by atoms with E-state index in [9.17, 15) is 42.5 Å². The molecule has 0 saturated carbocycles. The molecule has 2 unspecified atom stereocenters. The van der Waals surface area contributed by atoms with Gasteiger partial charge in [-0.3, -0.25) is 29.4 Å². The van der Waals surface area contributed by atoms with Crippen molar-refractivity contribution in [2.24, 2.45) is 0 Å². The van der Waals surface area contributed by atoms with Gasteiger partial charge in [0.1, 0.15) is 12.1 Å². The van der Waals surface area contributed by atoms with Gasteiger partial charge in [0.15, 0.2) is 6.10 Å². The lowest BCUT2D eigenvalue weighted by Gasteiger charge is -2.20. The fourth-order valence-corrected chi connectivity index (χ4v) is 2.77. The summed E-state index contributed by atoms with van der Waals surface area (Å²) in [6, 6.07) is 0.902. The summed E-state index contributed by atoms with van der Waals surface area (Å²) in [5, 5.41) is 15.1. The third kappa shape index (κ3) is 5.12. The van der Waals surface area contributed by atoms with Crippen LogP contribution in [0.1, 0.15) is 32.8 Å². The lowest BCUT2D eigenvalue weighted by molar-refractivity contribution is -0.385. The Balaban J connectivity index is 2.08. The lowest BCUT2D eigenvalue weighted by Crippen LogP contribution is -2.44. The summed E-state index contributed by atoms with van der Waals surface area (Å²) >= 11 is 0. The van der Waals surface area contributed by atoms with Crippen molar-refractivity contribution in [1.82, 2.24) is 10.2 Å². The number of carbonyl (C=O) groups excluding carboxylic acids is 4. The third-order valence-electron chi connectivity index (χ3n) is 4.79. The van der Waals surface area contributed by atoms with E-state index in [1.165, 1.54) is 6.92 Å². The first-order valence-electron chi connectivity index (χ1n) is 9.19. The van der Waals surface area contributed by atoms with Gasteiger partial charge in [0.2, 0.25) is 0 Å². The zero-order valence-electron chi connectivity index (χ0n) is 17.1. The zero-order valence-corrected chi connectivity index (χ0v) is 17.1. The minimum atomic E-state index is -5.01. The molecule has 1 aromatic rings. The summed E-state index contributed by atoms with van der Waals surface area (Å²) in [7, 11) is 0. The Morgan fingerprint density at radius 1 is 1.34 bits per heavy atom. The van der Waals surface area contributed by atoms with Crippen LogP contribution in [-0.2, 0) is 25.3 Å². The van der Waals surface area contributed by atoms with Gasteiger partial charge in [-0.2, -0.15) is 13.2 Å². The molecule has 1 aliphatic rings. The van der Waals surface area contributed by atoms with Crippen LogP contribution in [0.15, 0.2) is 18.2 Å². The highest BCUT2D eigenvalue weighted by Gasteiger charge is 2.47. The Labute approximate surface area is 179 Å². The maximum atomic E-state index is 13.2. The topological polar surface area (TPSA) is 148 Å². The number of amides is 4. The Hall–Kier alpha value is -3.71. The molecule has 1 aliphatic heterocycles. The van der Waals surface area contributed by atoms with Crippen LogP contribution < -0.4 is 10.6 Å². The maximum absolute atomic E-state index is 13.2. The van der Waals surface area contributed by atoms with E-state index in [0.29, 0.717) is 11.0 Å². The SMILES string of the molecule is CCC1(C)NC(=O)N(CC(=O)OC(C)C(=O)Nc2ccc([N+](=O)[O-])cc2C(F)(F)F)C1=O. The molecule has 11 nitrogen and oxygen atoms in total. The number of hydrogen-bond donors (Lipinski definition) is 2. The van der Waals surface area contributed by atoms with Gasteiger partial charge in [-0.15, -0.1) is 0 Å². The second kappa shape index (κ2) is 8.80. The molecular formula is C18H19F3N4O7. The molecule has 0 radical (unpaired) electrons. The van der Waals surface area contributed by atoms with Crippen LogP contribution in [0.2, 0.25) is 0 Å². The van der Waals surface area contributed by atoms with Crippen molar-refractivity contribution in [2.75, 3.05) is 11.9 Å². The summed E-state index contributed by atoms with van der Waals surface area (Å²) in [5.74, 6) is -2.97. The first-order chi connectivity index (χ1) is 14.7. The van der Waals surface area contributed by atoms with Crippen LogP contribution in [0.3, 0.4) is 0 Å². The number of nitrogens with one attached hydrogen (secondary N) is 2. The maximum Gasteiger partial charge on any atom is 0.418 e. The van der Waals surface area contributed by atoms with Gasteiger partial charge in [-0.05, 0) is 26.3 Å². The number of benzene rings is 1. The number of nitro groups is 1. The number of non-ortho nitro benzene ring substituents is 1. The third-order valence-corrected chi connectivity index (χ3v) is 4.79. The number of anilines is 1. The molecule has 0 bridgehead atoms. The highest BCUT2D eigenvalue weighted by Crippen LogP contribution is 2.37. The van der Waals surface area contributed by atoms with Crippen molar-refractivity contribution >= 4 is 35.2 Å². The molecule has 1 heterocycles. The number of halogens is 3. The number of imide groups is 1. The van der Waals surface area contributed by atoms with Crippen molar-refractivity contribution in [1.29, 1.82) is 0 Å². The van der Waals surface area contributed by atoms with E-state index in [0.717, 1.165) is 13.0 Å². The smallest absolute Gasteiger partial charge is 0.418 e. The number of nitrogens with zero attached hydrogens (tertiary/aromatic N) is 2. The normalized spacial score (nSPS) is 19.4. The standard InChI is InChI=1S/C18H19F3N4O7/c1-4-17(3)15(28)24(16(29)23-17)8-13(26)32-9(2)14(27)22-12-6-5-10(25(30)31)7-11(12)18(19,20)21/h5-7,9H,4,8H2,1-3H3,(H,22,27)(H,23,29). The summed E-state index contributed by atoms with van der Waals surface area (Å²) in [5.41, 5.74) is -4.26. The number of ether oxygens (including phenoxy) is 1. The summed E-state index contributed by atoms with van der Waals surface area (Å²) in [6.07, 6.45) is -6.35. The van der Waals surface area contributed by atoms with Gasteiger partial charge in [0.25, 0.3) is 17.5 Å². The minimum Gasteiger partial charge on any atom is -0.451 e. The first kappa shape index (κ1) is 24.6. The Kier molecular flexibility index (Phi) is 6.76. The molecule has 1 fully saturated rings. The van der Waals surface area contributed by atoms with Gasteiger partial charge >= 0.3 is 18.2 Å². The van der Waals surface area contributed by atoms with Crippen LogP contribution in [0, 0.1) is 10.1 Å². The van der Waals surface area contributed by atoms with E-state index in [1.807, 2.05) is 5.32 Å². The van der Waals surface area contributed by atoms with Gasteiger partial charge < -0.3 is 15.4 Å². The number of alkyl halides is 3. The zero-order chi connectivity index (χ0) is 24.4. The van der Waals surface area contributed by atoms with E-state index in [4.69, 9.17) is 4.74 Å². The Morgan fingerprint density at radius 3 is 2.47 bits per heavy atom. The number of urea groups is 1. The minimum absolute atomic E-state index is 0.259. The Morgan fingerprint density at radius 2 is 1.97 bits per heavy atom. The van der Waals surface area contributed by atoms with Crippen molar-refractivity contribution in [2.45, 2.75) is 45.0 Å². The molecule has 1 saturated heterocycles. The number of rotatable bonds is 7. The number of nitro benzene ring substituents is 1. The summed E-state index contributed by atoms with van der Waals surface area (Å²) < 4.78 is 44.5. The van der Waals surface area contributed by atoms with Crippen molar-refractivity contribution in [3.63, 3.8) is 0 Å². The molecule has 2 N–H and O–H groups in total. The predicted molar refractivity (Wildman–Crippen MR) is 101 cm³/mol. The summed E-state index contributed by atoms with van der Waals surface area (Å²) in [6.45, 7) is 3.38. The van der Waals surface area contributed by atoms with Gasteiger partial charge in [-0.1, -0.05) is 6.92 Å². The van der Waals surface area contributed by atoms with E-state index in [2.05, 4.69) is 5.32 Å². The fourth-order valence-electron chi connectivity index (χ4n) is 2.77. The molecule has 2 rings (SSSR count). The molecule has 14 heteroatoms. The van der Waals surface area contributed by atoms with Crippen molar-refractivity contribution < 1.29 is 42.0 Å². The summed E-state index contributed by atoms with van der Waals surface area (Å²) in [4.78, 5) is 58.8. The average Bonchev–Trinajstić information content (AvgIpc) is 2.90. The molecule has 0 spiro atoms. The van der Waals surface area contributed by atoms with Crippen LogP contribution >= 0.6 is 0 Å². The molecule has 4 amide bonds. The number of carbonyl (C=O) groups is 4. The van der Waals surface area contributed by atoms with Gasteiger partial charge in [0, 0.05) is 12.1 Å². The fraction of sp³-hybridized carbons (Fsp3) is 0.444. The molecule has 32 heavy (non-hydrogen) atoms. The molecule has 2 atom stereocenters. The Bertz CT molecular complexity index is 982. The van der Waals surface area contributed by atoms with Crippen LogP contribution in [-0.4, -0.2) is 51.8 Å². The van der Waals surface area contributed by atoms with E-state index in [1.54, 1.807) is 6.92 Å². The van der Waals surface area contributed by atoms with E-state index < -0.39 is 70.0 Å². The largest absolute Gasteiger partial charge is 0.451 e. The highest BCUT2D eigenvalue weighted by atomic mass is 19.4. The van der Waals surface area contributed by atoms with Gasteiger partial charge in [-0.25, -0.2) is 4.79 Å². The molecule has 0 aromatic heterocycles. The van der Waals surface area contributed by atoms with Crippen molar-refractivity contribution in [3.05, 3.63) is 33.9 Å². The van der Waals surface area contributed by atoms with E-state index in [-0.39, 0.29) is 12.5 Å². The van der Waals surface area contributed by atoms with Crippen LogP contribution in [0.25, 0.3) is 0 Å². The monoisotopic (exact) mass is 460 g/mol.